The lowest BCUT2D eigenvalue weighted by Gasteiger charge is -2.22. The molecule has 5 amide bonds. The van der Waals surface area contributed by atoms with Crippen LogP contribution in [0.3, 0.4) is 0 Å². The number of carbonyl (C=O) groups excluding carboxylic acids is 4. The van der Waals surface area contributed by atoms with Gasteiger partial charge in [0, 0.05) is 17.5 Å². The van der Waals surface area contributed by atoms with Crippen molar-refractivity contribution in [2.45, 2.75) is 24.3 Å². The van der Waals surface area contributed by atoms with Crippen molar-refractivity contribution < 1.29 is 23.9 Å². The van der Waals surface area contributed by atoms with Crippen molar-refractivity contribution in [3.05, 3.63) is 54.1 Å². The van der Waals surface area contributed by atoms with E-state index in [-0.39, 0.29) is 11.7 Å². The number of imide groups is 1. The second-order valence-corrected chi connectivity index (χ2v) is 8.01. The molecule has 3 N–H and O–H groups in total. The number of rotatable bonds is 7. The van der Waals surface area contributed by atoms with Crippen LogP contribution in [-0.4, -0.2) is 41.6 Å². The van der Waals surface area contributed by atoms with Crippen LogP contribution in [0.25, 0.3) is 0 Å². The summed E-state index contributed by atoms with van der Waals surface area (Å²) in [5.74, 6) is -0.733. The fraction of sp³-hybridized carbons (Fsp3) is 0.238. The molecule has 0 aromatic heterocycles. The number of benzene rings is 2. The summed E-state index contributed by atoms with van der Waals surface area (Å²) in [4.78, 5) is 49.5. The van der Waals surface area contributed by atoms with Crippen LogP contribution in [0.2, 0.25) is 0 Å². The lowest BCUT2D eigenvalue weighted by Crippen LogP contribution is -2.48. The molecule has 1 atom stereocenters. The van der Waals surface area contributed by atoms with Crippen LogP contribution in [0.5, 0.6) is 5.75 Å². The first-order chi connectivity index (χ1) is 14.7. The molecule has 1 saturated heterocycles. The number of amides is 5. The second kappa shape index (κ2) is 9.09. The molecular weight excluding hydrogens is 420 g/mol. The Morgan fingerprint density at radius 3 is 2.52 bits per heavy atom. The van der Waals surface area contributed by atoms with Gasteiger partial charge in [0.25, 0.3) is 5.91 Å². The maximum atomic E-state index is 12.9. The lowest BCUT2D eigenvalue weighted by molar-refractivity contribution is -0.138. The van der Waals surface area contributed by atoms with E-state index in [0.29, 0.717) is 22.0 Å². The van der Waals surface area contributed by atoms with Gasteiger partial charge in [0.1, 0.15) is 11.3 Å². The molecule has 0 radical (unpaired) electrons. The number of hydrogen-bond donors (Lipinski definition) is 3. The number of carbonyl (C=O) groups is 4. The summed E-state index contributed by atoms with van der Waals surface area (Å²) < 4.78 is 5.18. The first-order valence-corrected chi connectivity index (χ1v) is 10.3. The Labute approximate surface area is 183 Å². The van der Waals surface area contributed by atoms with Crippen LogP contribution >= 0.6 is 11.8 Å². The number of nitrogens with zero attached hydrogens (tertiary/aromatic N) is 1. The Morgan fingerprint density at radius 2 is 1.87 bits per heavy atom. The summed E-state index contributed by atoms with van der Waals surface area (Å²) >= 11 is 1.23. The predicted molar refractivity (Wildman–Crippen MR) is 115 cm³/mol. The molecule has 0 aliphatic carbocycles. The van der Waals surface area contributed by atoms with Gasteiger partial charge in [-0.25, -0.2) is 4.79 Å². The topological polar surface area (TPSA) is 117 Å². The molecule has 9 nitrogen and oxygen atoms in total. The molecule has 0 unspecified atom stereocenters. The van der Waals surface area contributed by atoms with Gasteiger partial charge in [-0.05, 0) is 48.9 Å². The zero-order chi connectivity index (χ0) is 22.6. The molecule has 2 aromatic rings. The Kier molecular flexibility index (Phi) is 6.50. The van der Waals surface area contributed by atoms with Gasteiger partial charge in [0.2, 0.25) is 11.8 Å². The van der Waals surface area contributed by atoms with E-state index in [2.05, 4.69) is 16.1 Å². The summed E-state index contributed by atoms with van der Waals surface area (Å²) in [5, 5.41) is 5.98. The standard InChI is InChI=1S/C21H22N4O5S/c1-13(26)22-15-7-9-17(10-8-15)31-12-18(27)24-25-19(28)21(2,23-20(25)29)14-5-4-6-16(11-14)30-3/h4-11H,12H2,1-3H3,(H,22,26)(H,23,29)(H,24,27)/t21-/m0/s1. The van der Waals surface area contributed by atoms with Gasteiger partial charge in [-0.2, -0.15) is 5.01 Å². The van der Waals surface area contributed by atoms with Gasteiger partial charge in [-0.1, -0.05) is 12.1 Å². The van der Waals surface area contributed by atoms with E-state index in [9.17, 15) is 19.2 Å². The van der Waals surface area contributed by atoms with Gasteiger partial charge >= 0.3 is 6.03 Å². The molecule has 0 spiro atoms. The minimum absolute atomic E-state index is 0.00752. The number of hydrogen-bond acceptors (Lipinski definition) is 6. The Morgan fingerprint density at radius 1 is 1.16 bits per heavy atom. The number of hydrazine groups is 1. The minimum atomic E-state index is -1.33. The van der Waals surface area contributed by atoms with E-state index in [1.54, 1.807) is 55.5 Å². The van der Waals surface area contributed by atoms with Crippen LogP contribution in [-0.2, 0) is 19.9 Å². The smallest absolute Gasteiger partial charge is 0.344 e. The van der Waals surface area contributed by atoms with Crippen molar-refractivity contribution in [1.82, 2.24) is 15.8 Å². The summed E-state index contributed by atoms with van der Waals surface area (Å²) in [7, 11) is 1.51. The van der Waals surface area contributed by atoms with Crippen molar-refractivity contribution in [1.29, 1.82) is 0 Å². The third-order valence-corrected chi connectivity index (χ3v) is 5.63. The third kappa shape index (κ3) is 4.97. The molecule has 31 heavy (non-hydrogen) atoms. The van der Waals surface area contributed by atoms with Crippen molar-refractivity contribution in [2.75, 3.05) is 18.2 Å². The van der Waals surface area contributed by atoms with E-state index in [1.807, 2.05) is 0 Å². The van der Waals surface area contributed by atoms with Crippen molar-refractivity contribution in [2.24, 2.45) is 0 Å². The number of ether oxygens (including phenoxy) is 1. The molecule has 1 heterocycles. The molecule has 3 rings (SSSR count). The number of nitrogens with one attached hydrogen (secondary N) is 3. The van der Waals surface area contributed by atoms with Crippen molar-refractivity contribution >= 4 is 41.2 Å². The van der Waals surface area contributed by atoms with Crippen LogP contribution in [0.4, 0.5) is 10.5 Å². The summed E-state index contributed by atoms with van der Waals surface area (Å²) in [6.45, 7) is 2.99. The fourth-order valence-corrected chi connectivity index (χ4v) is 3.70. The average Bonchev–Trinajstić information content (AvgIpc) is 2.97. The van der Waals surface area contributed by atoms with E-state index < -0.39 is 23.4 Å². The Hall–Kier alpha value is -3.53. The molecule has 1 aliphatic rings. The molecule has 10 heteroatoms. The van der Waals surface area contributed by atoms with Gasteiger partial charge in [-0.15, -0.1) is 11.8 Å². The highest BCUT2D eigenvalue weighted by atomic mass is 32.2. The van der Waals surface area contributed by atoms with Crippen LogP contribution in [0, 0.1) is 0 Å². The number of anilines is 1. The Bertz CT molecular complexity index is 1030. The molecule has 1 fully saturated rings. The number of methoxy groups -OCH3 is 1. The molecule has 0 bridgehead atoms. The highest BCUT2D eigenvalue weighted by Gasteiger charge is 2.50. The van der Waals surface area contributed by atoms with Gasteiger partial charge < -0.3 is 15.4 Å². The minimum Gasteiger partial charge on any atom is -0.497 e. The van der Waals surface area contributed by atoms with Crippen LogP contribution in [0.15, 0.2) is 53.4 Å². The third-order valence-electron chi connectivity index (χ3n) is 4.62. The quantitative estimate of drug-likeness (QED) is 0.447. The normalized spacial score (nSPS) is 17.8. The second-order valence-electron chi connectivity index (χ2n) is 6.96. The fourth-order valence-electron chi connectivity index (χ4n) is 3.01. The molecule has 0 saturated carbocycles. The highest BCUT2D eigenvalue weighted by molar-refractivity contribution is 8.00. The lowest BCUT2D eigenvalue weighted by atomic mass is 9.92. The van der Waals surface area contributed by atoms with Gasteiger partial charge in [-0.3, -0.25) is 19.8 Å². The van der Waals surface area contributed by atoms with Crippen molar-refractivity contribution in [3.8, 4) is 5.75 Å². The van der Waals surface area contributed by atoms with E-state index in [4.69, 9.17) is 4.74 Å². The summed E-state index contributed by atoms with van der Waals surface area (Å²) in [6, 6.07) is 13.1. The van der Waals surface area contributed by atoms with Crippen molar-refractivity contribution in [3.63, 3.8) is 0 Å². The molecular formula is C21H22N4O5S. The van der Waals surface area contributed by atoms with Gasteiger partial charge in [0.15, 0.2) is 0 Å². The zero-order valence-corrected chi connectivity index (χ0v) is 18.0. The van der Waals surface area contributed by atoms with E-state index in [0.717, 1.165) is 4.90 Å². The maximum absolute atomic E-state index is 12.9. The van der Waals surface area contributed by atoms with Crippen LogP contribution < -0.4 is 20.8 Å². The highest BCUT2D eigenvalue weighted by Crippen LogP contribution is 2.30. The average molecular weight is 442 g/mol. The molecule has 162 valence electrons. The molecule has 2 aromatic carbocycles. The SMILES string of the molecule is COc1cccc([C@]2(C)NC(=O)N(NC(=O)CSc3ccc(NC(C)=O)cc3)C2=O)c1. The van der Waals surface area contributed by atoms with E-state index >= 15 is 0 Å². The number of urea groups is 1. The summed E-state index contributed by atoms with van der Waals surface area (Å²) in [5.41, 5.74) is 2.22. The van der Waals surface area contributed by atoms with Gasteiger partial charge in [0.05, 0.1) is 12.9 Å². The Balaban J connectivity index is 1.61. The monoisotopic (exact) mass is 442 g/mol. The first-order valence-electron chi connectivity index (χ1n) is 9.34. The van der Waals surface area contributed by atoms with Crippen LogP contribution in [0.1, 0.15) is 19.4 Å². The first kappa shape index (κ1) is 22.2. The predicted octanol–water partition coefficient (Wildman–Crippen LogP) is 2.24. The van der Waals surface area contributed by atoms with E-state index in [1.165, 1.54) is 25.8 Å². The maximum Gasteiger partial charge on any atom is 0.344 e. The molecule has 1 aliphatic heterocycles. The number of thioether (sulfide) groups is 1. The summed E-state index contributed by atoms with van der Waals surface area (Å²) in [6.07, 6.45) is 0. The zero-order valence-electron chi connectivity index (χ0n) is 17.2. The largest absolute Gasteiger partial charge is 0.497 e.